The van der Waals surface area contributed by atoms with Gasteiger partial charge in [0, 0.05) is 7.11 Å². The van der Waals surface area contributed by atoms with Crippen LogP contribution in [-0.4, -0.2) is 50.3 Å². The molecule has 2 aliphatic heterocycles. The fourth-order valence-corrected chi connectivity index (χ4v) is 2.32. The summed E-state index contributed by atoms with van der Waals surface area (Å²) >= 11 is 0. The first-order chi connectivity index (χ1) is 6.65. The lowest BCUT2D eigenvalue weighted by molar-refractivity contribution is -0.193. The molecule has 0 radical (unpaired) electrons. The van der Waals surface area contributed by atoms with E-state index in [2.05, 4.69) is 0 Å². The molecule has 2 fully saturated rings. The summed E-state index contributed by atoms with van der Waals surface area (Å²) < 4.78 is 23.7. The lowest BCUT2D eigenvalue weighted by Crippen LogP contribution is -2.50. The number of fused-ring (bicyclic) bond motifs is 2. The first kappa shape index (κ1) is 8.17. The average molecular weight is 190 g/mol. The van der Waals surface area contributed by atoms with Gasteiger partial charge in [0.2, 0.25) is 1.43 Å². The van der Waals surface area contributed by atoms with Gasteiger partial charge in [0.25, 0.3) is 0 Å². The summed E-state index contributed by atoms with van der Waals surface area (Å²) in [6.45, 7) is 4.26. The molecule has 1 N–H and O–H groups in total. The van der Waals surface area contributed by atoms with Crippen molar-refractivity contribution in [1.29, 1.82) is 1.43 Å². The molecular formula is C9H16O4. The van der Waals surface area contributed by atoms with Crippen LogP contribution in [0.2, 0.25) is 0 Å². The maximum atomic E-state index is 7.07. The van der Waals surface area contributed by atoms with Gasteiger partial charge in [-0.3, -0.25) is 0 Å². The Kier molecular flexibility index (Phi) is 1.83. The van der Waals surface area contributed by atoms with Crippen LogP contribution in [0, 0.1) is 0 Å². The molecule has 0 aromatic heterocycles. The van der Waals surface area contributed by atoms with Gasteiger partial charge >= 0.3 is 0 Å². The number of aliphatic hydroxyl groups excluding tert-OH is 1. The molecule has 4 nitrogen and oxygen atoms in total. The third kappa shape index (κ3) is 1.06. The smallest absolute Gasteiger partial charge is 0.211 e. The molecule has 2 bridgehead atoms. The highest BCUT2D eigenvalue weighted by Gasteiger charge is 2.63. The van der Waals surface area contributed by atoms with Crippen molar-refractivity contribution in [2.45, 2.75) is 43.9 Å². The van der Waals surface area contributed by atoms with Crippen LogP contribution in [-0.2, 0) is 14.2 Å². The van der Waals surface area contributed by atoms with Crippen LogP contribution in [0.5, 0.6) is 0 Å². The van der Waals surface area contributed by atoms with Crippen molar-refractivity contribution < 1.29 is 19.3 Å². The second-order valence-corrected chi connectivity index (χ2v) is 3.87. The summed E-state index contributed by atoms with van der Waals surface area (Å²) in [6.07, 6.45) is -0.596. The number of hydrogen-bond acceptors (Lipinski definition) is 4. The molecular weight excluding hydrogens is 172 g/mol. The standard InChI is InChI=1S/C9H16O4/c1-5-7-8(10)9(13-5,4-11-3)6(2)12-7/h5-8,10H,4H2,1-3H3/t5-,6-,7-,8-,9-/m0/s1/i10T. The molecule has 13 heavy (non-hydrogen) atoms. The maximum absolute atomic E-state index is 7.07. The predicted octanol–water partition coefficient (Wildman–Crippen LogP) is -0.0615. The van der Waals surface area contributed by atoms with Crippen LogP contribution < -0.4 is 0 Å². The van der Waals surface area contributed by atoms with Crippen molar-refractivity contribution in [1.82, 2.24) is 0 Å². The monoisotopic (exact) mass is 190 g/mol. The number of ether oxygens (including phenoxy) is 3. The van der Waals surface area contributed by atoms with Crippen LogP contribution >= 0.6 is 0 Å². The van der Waals surface area contributed by atoms with E-state index in [0.29, 0.717) is 6.61 Å². The second kappa shape index (κ2) is 2.92. The molecule has 0 amide bonds. The molecule has 2 heterocycles. The zero-order valence-electron chi connectivity index (χ0n) is 9.15. The molecule has 4 heteroatoms. The summed E-state index contributed by atoms with van der Waals surface area (Å²) in [5, 5.41) is 4.71. The Morgan fingerprint density at radius 2 is 2.38 bits per heavy atom. The second-order valence-electron chi connectivity index (χ2n) is 3.87. The van der Waals surface area contributed by atoms with Crippen molar-refractivity contribution >= 4 is 0 Å². The average Bonchev–Trinajstić information content (AvgIpc) is 2.54. The van der Waals surface area contributed by atoms with Crippen molar-refractivity contribution in [3.8, 4) is 0 Å². The highest BCUT2D eigenvalue weighted by molar-refractivity contribution is 5.10. The van der Waals surface area contributed by atoms with Gasteiger partial charge in [0.15, 0.2) is 0 Å². The topological polar surface area (TPSA) is 47.9 Å². The van der Waals surface area contributed by atoms with E-state index in [1.807, 2.05) is 13.8 Å². The largest absolute Gasteiger partial charge is 0.387 e. The molecule has 0 unspecified atom stereocenters. The quantitative estimate of drug-likeness (QED) is 0.677. The Balaban J connectivity index is 2.25. The molecule has 0 aromatic carbocycles. The van der Waals surface area contributed by atoms with E-state index < -0.39 is 5.60 Å². The molecule has 0 aromatic rings. The molecule has 2 saturated heterocycles. The van der Waals surface area contributed by atoms with Gasteiger partial charge < -0.3 is 19.3 Å². The maximum Gasteiger partial charge on any atom is 0.211 e. The van der Waals surface area contributed by atoms with Gasteiger partial charge in [-0.2, -0.15) is 0 Å². The van der Waals surface area contributed by atoms with Crippen molar-refractivity contribution in [3.63, 3.8) is 0 Å². The zero-order valence-corrected chi connectivity index (χ0v) is 8.15. The molecule has 2 rings (SSSR count). The summed E-state index contributed by atoms with van der Waals surface area (Å²) in [5.41, 5.74) is -0.597. The Labute approximate surface area is 79.3 Å². The summed E-state index contributed by atoms with van der Waals surface area (Å²) in [4.78, 5) is 0. The molecule has 0 saturated carbocycles. The molecule has 5 atom stereocenters. The molecule has 76 valence electrons. The molecule has 0 spiro atoms. The minimum atomic E-state index is -0.597. The Bertz CT molecular complexity index is 225. The van der Waals surface area contributed by atoms with E-state index >= 15 is 0 Å². The van der Waals surface area contributed by atoms with E-state index in [-0.39, 0.29) is 24.4 Å². The third-order valence-corrected chi connectivity index (χ3v) is 3.07. The van der Waals surface area contributed by atoms with Crippen molar-refractivity contribution in [2.24, 2.45) is 0 Å². The highest BCUT2D eigenvalue weighted by atomic mass is 16.7. The summed E-state index contributed by atoms with van der Waals surface area (Å²) in [7, 11) is 1.61. The number of hydrogen-bond donors (Lipinski definition) is 1. The normalized spacial score (nSPS) is 55.5. The fraction of sp³-hybridized carbons (Fsp3) is 1.00. The lowest BCUT2D eigenvalue weighted by Gasteiger charge is -2.34. The van der Waals surface area contributed by atoms with Gasteiger partial charge in [-0.15, -0.1) is 0 Å². The summed E-state index contributed by atoms with van der Waals surface area (Å²) in [6, 6.07) is 0. The van der Waals surface area contributed by atoms with Gasteiger partial charge in [-0.1, -0.05) is 0 Å². The lowest BCUT2D eigenvalue weighted by atomic mass is 9.94. The van der Waals surface area contributed by atoms with Crippen LogP contribution in [0.25, 0.3) is 0 Å². The van der Waals surface area contributed by atoms with Crippen LogP contribution in [0.1, 0.15) is 13.8 Å². The number of methoxy groups -OCH3 is 1. The van der Waals surface area contributed by atoms with Crippen molar-refractivity contribution in [2.75, 3.05) is 13.7 Å². The highest BCUT2D eigenvalue weighted by Crippen LogP contribution is 2.44. The van der Waals surface area contributed by atoms with E-state index in [1.54, 1.807) is 7.11 Å². The minimum Gasteiger partial charge on any atom is -0.387 e. The predicted molar refractivity (Wildman–Crippen MR) is 45.5 cm³/mol. The number of aliphatic hydroxyl groups is 1. The van der Waals surface area contributed by atoms with Crippen LogP contribution in [0.3, 0.4) is 0 Å². The number of rotatable bonds is 3. The summed E-state index contributed by atoms with van der Waals surface area (Å²) in [5.74, 6) is 0. The first-order valence-corrected chi connectivity index (χ1v) is 4.60. The Morgan fingerprint density at radius 3 is 3.00 bits per heavy atom. The van der Waals surface area contributed by atoms with E-state index in [4.69, 9.17) is 20.8 Å². The van der Waals surface area contributed by atoms with E-state index in [0.717, 1.165) is 0 Å². The zero-order chi connectivity index (χ0) is 10.3. The van der Waals surface area contributed by atoms with Crippen LogP contribution in [0.4, 0.5) is 0 Å². The van der Waals surface area contributed by atoms with E-state index in [1.165, 1.54) is 0 Å². The fourth-order valence-electron chi connectivity index (χ4n) is 2.32. The van der Waals surface area contributed by atoms with Gasteiger partial charge in [-0.05, 0) is 13.8 Å². The van der Waals surface area contributed by atoms with E-state index in [9.17, 15) is 0 Å². The minimum absolute atomic E-state index is 0.0308. The van der Waals surface area contributed by atoms with Crippen molar-refractivity contribution in [3.05, 3.63) is 0 Å². The first-order valence-electron chi connectivity index (χ1n) is 5.00. The van der Waals surface area contributed by atoms with Gasteiger partial charge in [0.1, 0.15) is 17.8 Å². The SMILES string of the molecule is [3H]O[C@H]1[C@H]2O[C@@H](C)[C@]1(COC)O[C@H]2C. The Hall–Kier alpha value is -0.160. The molecule has 0 aliphatic carbocycles. The van der Waals surface area contributed by atoms with Crippen LogP contribution in [0.15, 0.2) is 0 Å². The third-order valence-electron chi connectivity index (χ3n) is 3.07. The van der Waals surface area contributed by atoms with Gasteiger partial charge in [-0.25, -0.2) is 0 Å². The Morgan fingerprint density at radius 1 is 1.62 bits per heavy atom. The molecule has 2 aliphatic rings. The van der Waals surface area contributed by atoms with Gasteiger partial charge in [0.05, 0.1) is 18.8 Å².